The van der Waals surface area contributed by atoms with E-state index >= 15 is 0 Å². The number of carbonyl (C=O) groups is 1. The van der Waals surface area contributed by atoms with E-state index in [2.05, 4.69) is 10.1 Å². The SMILES string of the molecule is Cc1cc(-n2cc(C(=O)O)c(C)n2)ncc1[N+](=O)[O-]. The normalized spacial score (nSPS) is 10.4. The molecule has 0 amide bonds. The van der Waals surface area contributed by atoms with Crippen molar-refractivity contribution in [2.75, 3.05) is 0 Å². The Morgan fingerprint density at radius 1 is 1.47 bits per heavy atom. The molecule has 1 N–H and O–H groups in total. The van der Waals surface area contributed by atoms with E-state index in [1.807, 2.05) is 0 Å². The number of rotatable bonds is 3. The molecule has 0 aromatic carbocycles. The first-order chi connectivity index (χ1) is 8.90. The number of carboxylic acid groups (broad SMARTS) is 1. The average Bonchev–Trinajstić information content (AvgIpc) is 2.70. The zero-order valence-corrected chi connectivity index (χ0v) is 10.2. The Hall–Kier alpha value is -2.77. The molecule has 8 nitrogen and oxygen atoms in total. The lowest BCUT2D eigenvalue weighted by molar-refractivity contribution is -0.385. The summed E-state index contributed by atoms with van der Waals surface area (Å²) in [5, 5.41) is 23.6. The molecule has 19 heavy (non-hydrogen) atoms. The molecule has 2 rings (SSSR count). The second-order valence-corrected chi connectivity index (χ2v) is 3.96. The fraction of sp³-hybridized carbons (Fsp3) is 0.182. The molecule has 0 unspecified atom stereocenters. The highest BCUT2D eigenvalue weighted by Gasteiger charge is 2.16. The third-order valence-electron chi connectivity index (χ3n) is 2.63. The van der Waals surface area contributed by atoms with Crippen LogP contribution in [0.25, 0.3) is 5.82 Å². The van der Waals surface area contributed by atoms with E-state index in [4.69, 9.17) is 5.11 Å². The molecule has 0 aliphatic carbocycles. The van der Waals surface area contributed by atoms with Crippen LogP contribution in [-0.4, -0.2) is 30.8 Å². The van der Waals surface area contributed by atoms with Gasteiger partial charge in [-0.05, 0) is 19.9 Å². The molecular weight excluding hydrogens is 252 g/mol. The maximum absolute atomic E-state index is 10.9. The topological polar surface area (TPSA) is 111 Å². The molecule has 2 aromatic rings. The summed E-state index contributed by atoms with van der Waals surface area (Å²) < 4.78 is 1.29. The molecule has 0 saturated carbocycles. The highest BCUT2D eigenvalue weighted by Crippen LogP contribution is 2.19. The molecule has 0 saturated heterocycles. The second kappa shape index (κ2) is 4.48. The van der Waals surface area contributed by atoms with E-state index in [1.165, 1.54) is 16.9 Å². The van der Waals surface area contributed by atoms with Crippen LogP contribution in [0.15, 0.2) is 18.5 Å². The Kier molecular flexibility index (Phi) is 2.99. The second-order valence-electron chi connectivity index (χ2n) is 3.96. The summed E-state index contributed by atoms with van der Waals surface area (Å²) in [6, 6.07) is 1.48. The van der Waals surface area contributed by atoms with Gasteiger partial charge in [0.2, 0.25) is 0 Å². The third kappa shape index (κ3) is 2.28. The Balaban J connectivity index is 2.48. The molecule has 0 aliphatic heterocycles. The summed E-state index contributed by atoms with van der Waals surface area (Å²) in [6.07, 6.45) is 2.45. The molecular formula is C11H10N4O4. The van der Waals surface area contributed by atoms with Crippen LogP contribution in [0.4, 0.5) is 5.69 Å². The Labute approximate surface area is 107 Å². The van der Waals surface area contributed by atoms with Crippen molar-refractivity contribution in [2.45, 2.75) is 13.8 Å². The summed E-state index contributed by atoms with van der Waals surface area (Å²) in [5.74, 6) is -0.749. The number of nitro groups is 1. The van der Waals surface area contributed by atoms with Gasteiger partial charge in [-0.3, -0.25) is 10.1 Å². The minimum absolute atomic E-state index is 0.0674. The van der Waals surface area contributed by atoms with Crippen molar-refractivity contribution in [3.63, 3.8) is 0 Å². The zero-order valence-electron chi connectivity index (χ0n) is 10.2. The minimum Gasteiger partial charge on any atom is -0.478 e. The van der Waals surface area contributed by atoms with E-state index in [-0.39, 0.29) is 11.3 Å². The first-order valence-corrected chi connectivity index (χ1v) is 5.31. The number of hydrogen-bond acceptors (Lipinski definition) is 5. The van der Waals surface area contributed by atoms with Crippen molar-refractivity contribution < 1.29 is 14.8 Å². The van der Waals surface area contributed by atoms with Gasteiger partial charge in [0.05, 0.1) is 10.6 Å². The maximum Gasteiger partial charge on any atom is 0.339 e. The number of aryl methyl sites for hydroxylation is 2. The molecule has 0 aliphatic rings. The molecule has 2 aromatic heterocycles. The summed E-state index contributed by atoms with van der Waals surface area (Å²) in [4.78, 5) is 25.0. The standard InChI is InChI=1S/C11H10N4O4/c1-6-3-10(12-4-9(6)15(18)19)14-5-8(11(16)17)7(2)13-14/h3-5H,1-2H3,(H,16,17). The van der Waals surface area contributed by atoms with Gasteiger partial charge in [0.25, 0.3) is 5.69 Å². The minimum atomic E-state index is -1.08. The maximum atomic E-state index is 10.9. The average molecular weight is 262 g/mol. The van der Waals surface area contributed by atoms with Crippen molar-refractivity contribution in [1.82, 2.24) is 14.8 Å². The van der Waals surface area contributed by atoms with Crippen LogP contribution in [0.5, 0.6) is 0 Å². The van der Waals surface area contributed by atoms with Gasteiger partial charge in [0, 0.05) is 11.8 Å². The Bertz CT molecular complexity index is 677. The zero-order chi connectivity index (χ0) is 14.2. The lowest BCUT2D eigenvalue weighted by Gasteiger charge is -2.01. The number of hydrogen-bond donors (Lipinski definition) is 1. The Morgan fingerprint density at radius 3 is 2.63 bits per heavy atom. The number of nitrogens with zero attached hydrogens (tertiary/aromatic N) is 4. The van der Waals surface area contributed by atoms with Crippen LogP contribution in [0.1, 0.15) is 21.6 Å². The van der Waals surface area contributed by atoms with Gasteiger partial charge in [-0.2, -0.15) is 5.10 Å². The number of aromatic carboxylic acids is 1. The highest BCUT2D eigenvalue weighted by molar-refractivity contribution is 5.88. The lowest BCUT2D eigenvalue weighted by Crippen LogP contribution is -2.01. The smallest absolute Gasteiger partial charge is 0.339 e. The predicted molar refractivity (Wildman–Crippen MR) is 64.4 cm³/mol. The van der Waals surface area contributed by atoms with Crippen LogP contribution in [0.3, 0.4) is 0 Å². The highest BCUT2D eigenvalue weighted by atomic mass is 16.6. The molecule has 2 heterocycles. The van der Waals surface area contributed by atoms with Gasteiger partial charge >= 0.3 is 5.97 Å². The number of pyridine rings is 1. The van der Waals surface area contributed by atoms with Crippen molar-refractivity contribution in [1.29, 1.82) is 0 Å². The predicted octanol–water partition coefficient (Wildman–Crippen LogP) is 1.49. The van der Waals surface area contributed by atoms with Crippen LogP contribution < -0.4 is 0 Å². The van der Waals surface area contributed by atoms with E-state index in [0.29, 0.717) is 17.1 Å². The lowest BCUT2D eigenvalue weighted by atomic mass is 10.2. The van der Waals surface area contributed by atoms with E-state index in [1.54, 1.807) is 13.8 Å². The monoisotopic (exact) mass is 262 g/mol. The fourth-order valence-corrected chi connectivity index (χ4v) is 1.64. The first-order valence-electron chi connectivity index (χ1n) is 5.31. The molecule has 98 valence electrons. The largest absolute Gasteiger partial charge is 0.478 e. The van der Waals surface area contributed by atoms with Crippen molar-refractivity contribution in [2.24, 2.45) is 0 Å². The molecule has 0 radical (unpaired) electrons. The first kappa shape index (κ1) is 12.7. The molecule has 0 bridgehead atoms. The van der Waals surface area contributed by atoms with Crippen LogP contribution in [0.2, 0.25) is 0 Å². The third-order valence-corrected chi connectivity index (χ3v) is 2.63. The van der Waals surface area contributed by atoms with Crippen molar-refractivity contribution in [3.05, 3.63) is 45.4 Å². The molecule has 8 heteroatoms. The van der Waals surface area contributed by atoms with Crippen LogP contribution >= 0.6 is 0 Å². The molecule has 0 atom stereocenters. The quantitative estimate of drug-likeness (QED) is 0.662. The Morgan fingerprint density at radius 2 is 2.16 bits per heavy atom. The summed E-state index contributed by atoms with van der Waals surface area (Å²) in [5.41, 5.74) is 0.759. The van der Waals surface area contributed by atoms with E-state index in [9.17, 15) is 14.9 Å². The number of aromatic nitrogens is 3. The van der Waals surface area contributed by atoms with Gasteiger partial charge in [0.15, 0.2) is 5.82 Å². The van der Waals surface area contributed by atoms with Crippen molar-refractivity contribution >= 4 is 11.7 Å². The fourth-order valence-electron chi connectivity index (χ4n) is 1.64. The van der Waals surface area contributed by atoms with Gasteiger partial charge in [-0.15, -0.1) is 0 Å². The molecule has 0 fully saturated rings. The summed E-state index contributed by atoms with van der Waals surface area (Å²) in [6.45, 7) is 3.15. The van der Waals surface area contributed by atoms with E-state index < -0.39 is 10.9 Å². The molecule has 0 spiro atoms. The van der Waals surface area contributed by atoms with Crippen LogP contribution in [-0.2, 0) is 0 Å². The van der Waals surface area contributed by atoms with Gasteiger partial charge in [-0.25, -0.2) is 14.5 Å². The number of carboxylic acids is 1. The summed E-state index contributed by atoms with van der Waals surface area (Å²) in [7, 11) is 0. The van der Waals surface area contributed by atoms with Gasteiger partial charge in [-0.1, -0.05) is 0 Å². The van der Waals surface area contributed by atoms with Gasteiger partial charge in [0.1, 0.15) is 11.8 Å². The van der Waals surface area contributed by atoms with E-state index in [0.717, 1.165) is 6.20 Å². The van der Waals surface area contributed by atoms with Gasteiger partial charge < -0.3 is 5.11 Å². The van der Waals surface area contributed by atoms with Crippen molar-refractivity contribution in [3.8, 4) is 5.82 Å². The summed E-state index contributed by atoms with van der Waals surface area (Å²) >= 11 is 0. The van der Waals surface area contributed by atoms with Crippen LogP contribution in [0, 0.1) is 24.0 Å².